The largest absolute Gasteiger partial charge is 0.371 e. The van der Waals surface area contributed by atoms with Gasteiger partial charge in [-0.3, -0.25) is 4.79 Å². The van der Waals surface area contributed by atoms with Crippen LogP contribution in [0.4, 0.5) is 0 Å². The molecule has 3 rings (SSSR count). The van der Waals surface area contributed by atoms with Crippen molar-refractivity contribution in [1.82, 2.24) is 19.5 Å². The predicted molar refractivity (Wildman–Crippen MR) is 106 cm³/mol. The highest BCUT2D eigenvalue weighted by molar-refractivity contribution is 6.01. The summed E-state index contributed by atoms with van der Waals surface area (Å²) < 4.78 is 8.06. The number of aromatic nitrogens is 3. The Morgan fingerprint density at radius 3 is 2.70 bits per heavy atom. The fraction of sp³-hybridized carbons (Fsp3) is 0.667. The molecule has 0 bridgehead atoms. The predicted octanol–water partition coefficient (Wildman–Crippen LogP) is 3.71. The van der Waals surface area contributed by atoms with Crippen LogP contribution in [0, 0.1) is 26.7 Å². The first kappa shape index (κ1) is 19.8. The molecular formula is C21H32N4O2. The molecule has 0 radical (unpaired) electrons. The minimum absolute atomic E-state index is 0.0236. The molecular weight excluding hydrogens is 340 g/mol. The third kappa shape index (κ3) is 4.00. The maximum absolute atomic E-state index is 13.5. The van der Waals surface area contributed by atoms with E-state index in [4.69, 9.17) is 4.74 Å². The second kappa shape index (κ2) is 7.97. The monoisotopic (exact) mass is 372 g/mol. The van der Waals surface area contributed by atoms with Crippen LogP contribution in [0.15, 0.2) is 6.07 Å². The maximum atomic E-state index is 13.5. The Morgan fingerprint density at radius 1 is 1.30 bits per heavy atom. The fourth-order valence-corrected chi connectivity index (χ4v) is 3.83. The van der Waals surface area contributed by atoms with Crippen molar-refractivity contribution in [3.05, 3.63) is 28.7 Å². The Balaban J connectivity index is 1.94. The number of hydrogen-bond acceptors (Lipinski definition) is 4. The molecule has 0 N–H and O–H groups in total. The first-order valence-electron chi connectivity index (χ1n) is 10.1. The molecule has 2 aromatic rings. The molecule has 27 heavy (non-hydrogen) atoms. The molecule has 1 aliphatic heterocycles. The van der Waals surface area contributed by atoms with Gasteiger partial charge in [0, 0.05) is 24.5 Å². The lowest BCUT2D eigenvalue weighted by Gasteiger charge is -2.40. The van der Waals surface area contributed by atoms with E-state index in [1.807, 2.05) is 31.7 Å². The second-order valence-electron chi connectivity index (χ2n) is 8.13. The van der Waals surface area contributed by atoms with E-state index in [0.29, 0.717) is 30.2 Å². The number of rotatable bonds is 5. The molecule has 1 fully saturated rings. The Hall–Kier alpha value is -1.95. The second-order valence-corrected chi connectivity index (χ2v) is 8.13. The summed E-state index contributed by atoms with van der Waals surface area (Å²) in [5.74, 6) is 0.396. The minimum atomic E-state index is 0.0236. The van der Waals surface area contributed by atoms with Crippen LogP contribution in [0.25, 0.3) is 5.65 Å². The average molecular weight is 373 g/mol. The summed E-state index contributed by atoms with van der Waals surface area (Å²) in [4.78, 5) is 20.1. The van der Waals surface area contributed by atoms with E-state index in [9.17, 15) is 4.79 Å². The van der Waals surface area contributed by atoms with Gasteiger partial charge in [-0.2, -0.15) is 5.10 Å². The third-order valence-corrected chi connectivity index (χ3v) is 5.39. The van der Waals surface area contributed by atoms with E-state index in [1.54, 1.807) is 4.52 Å². The summed E-state index contributed by atoms with van der Waals surface area (Å²) in [5, 5.41) is 4.57. The van der Waals surface area contributed by atoms with Crippen molar-refractivity contribution < 1.29 is 9.53 Å². The van der Waals surface area contributed by atoms with Gasteiger partial charge in [-0.25, -0.2) is 9.50 Å². The zero-order valence-electron chi connectivity index (χ0n) is 17.5. The van der Waals surface area contributed by atoms with E-state index in [-0.39, 0.29) is 18.1 Å². The quantitative estimate of drug-likeness (QED) is 0.803. The highest BCUT2D eigenvalue weighted by atomic mass is 16.5. The molecule has 0 saturated carbocycles. The molecule has 3 heterocycles. The average Bonchev–Trinajstić information content (AvgIpc) is 2.95. The number of carbonyl (C=O) groups excluding carboxylic acids is 1. The van der Waals surface area contributed by atoms with Crippen LogP contribution in [0.5, 0.6) is 0 Å². The van der Waals surface area contributed by atoms with Gasteiger partial charge in [0.2, 0.25) is 0 Å². The van der Waals surface area contributed by atoms with Gasteiger partial charge in [-0.05, 0) is 39.2 Å². The van der Waals surface area contributed by atoms with Crippen LogP contribution in [0.1, 0.15) is 67.5 Å². The highest BCUT2D eigenvalue weighted by Crippen LogP contribution is 2.25. The minimum Gasteiger partial charge on any atom is -0.371 e. The molecule has 0 unspecified atom stereocenters. The third-order valence-electron chi connectivity index (χ3n) is 5.39. The molecule has 2 atom stereocenters. The van der Waals surface area contributed by atoms with Crippen molar-refractivity contribution in [2.24, 2.45) is 5.92 Å². The van der Waals surface area contributed by atoms with E-state index in [2.05, 4.69) is 30.9 Å². The number of nitrogens with zero attached hydrogens (tertiary/aromatic N) is 4. The van der Waals surface area contributed by atoms with Gasteiger partial charge in [-0.1, -0.05) is 33.6 Å². The normalized spacial score (nSPS) is 20.6. The molecule has 1 amide bonds. The van der Waals surface area contributed by atoms with E-state index < -0.39 is 0 Å². The van der Waals surface area contributed by atoms with Crippen LogP contribution >= 0.6 is 0 Å². The molecule has 1 saturated heterocycles. The number of fused-ring (bicyclic) bond motifs is 1. The first-order chi connectivity index (χ1) is 12.8. The zero-order valence-corrected chi connectivity index (χ0v) is 17.5. The lowest BCUT2D eigenvalue weighted by Crippen LogP contribution is -2.51. The van der Waals surface area contributed by atoms with Gasteiger partial charge < -0.3 is 9.64 Å². The summed E-state index contributed by atoms with van der Waals surface area (Å²) >= 11 is 0. The number of morpholine rings is 1. The van der Waals surface area contributed by atoms with Gasteiger partial charge in [-0.15, -0.1) is 0 Å². The van der Waals surface area contributed by atoms with E-state index >= 15 is 0 Å². The lowest BCUT2D eigenvalue weighted by atomic mass is 10.0. The van der Waals surface area contributed by atoms with Crippen molar-refractivity contribution in [1.29, 1.82) is 0 Å². The summed E-state index contributed by atoms with van der Waals surface area (Å²) in [6, 6.07) is 1.98. The van der Waals surface area contributed by atoms with Crippen molar-refractivity contribution in [3.63, 3.8) is 0 Å². The van der Waals surface area contributed by atoms with Crippen molar-refractivity contribution >= 4 is 11.6 Å². The van der Waals surface area contributed by atoms with Gasteiger partial charge in [0.15, 0.2) is 5.65 Å². The molecule has 0 spiro atoms. The van der Waals surface area contributed by atoms with Crippen molar-refractivity contribution in [3.8, 4) is 0 Å². The maximum Gasteiger partial charge on any atom is 0.259 e. The zero-order chi connectivity index (χ0) is 19.7. The highest BCUT2D eigenvalue weighted by Gasteiger charge is 2.34. The Bertz CT molecular complexity index is 827. The van der Waals surface area contributed by atoms with Gasteiger partial charge in [0.1, 0.15) is 5.56 Å². The Labute approximate surface area is 161 Å². The number of unbranched alkanes of at least 4 members (excludes halogenated alkanes) is 1. The number of hydrogen-bond donors (Lipinski definition) is 0. The Kier molecular flexibility index (Phi) is 5.84. The summed E-state index contributed by atoms with van der Waals surface area (Å²) in [5.41, 5.74) is 3.91. The molecule has 2 aromatic heterocycles. The fourth-order valence-electron chi connectivity index (χ4n) is 3.83. The van der Waals surface area contributed by atoms with Crippen LogP contribution in [0.3, 0.4) is 0 Å². The SMILES string of the molecule is CCCC[C@@H]1CN(C(=O)c2c(C)nn3c(C)cc(C)nc23)C[C@H](C(C)C)O1. The molecule has 6 nitrogen and oxygen atoms in total. The smallest absolute Gasteiger partial charge is 0.259 e. The van der Waals surface area contributed by atoms with Crippen LogP contribution < -0.4 is 0 Å². The van der Waals surface area contributed by atoms with Crippen molar-refractivity contribution in [2.75, 3.05) is 13.1 Å². The molecule has 148 valence electrons. The molecule has 0 aromatic carbocycles. The summed E-state index contributed by atoms with van der Waals surface area (Å²) in [6.45, 7) is 13.6. The van der Waals surface area contributed by atoms with Gasteiger partial charge >= 0.3 is 0 Å². The van der Waals surface area contributed by atoms with Crippen LogP contribution in [-0.2, 0) is 4.74 Å². The van der Waals surface area contributed by atoms with Gasteiger partial charge in [0.05, 0.1) is 17.9 Å². The molecule has 6 heteroatoms. The lowest BCUT2D eigenvalue weighted by molar-refractivity contribution is -0.0962. The number of amides is 1. The van der Waals surface area contributed by atoms with Gasteiger partial charge in [0.25, 0.3) is 5.91 Å². The van der Waals surface area contributed by atoms with E-state index in [1.165, 1.54) is 0 Å². The van der Waals surface area contributed by atoms with Crippen molar-refractivity contribution in [2.45, 2.75) is 73.0 Å². The number of aryl methyl sites for hydroxylation is 3. The Morgan fingerprint density at radius 2 is 2.04 bits per heavy atom. The summed E-state index contributed by atoms with van der Waals surface area (Å²) in [7, 11) is 0. The first-order valence-corrected chi connectivity index (χ1v) is 10.1. The van der Waals surface area contributed by atoms with E-state index in [0.717, 1.165) is 36.3 Å². The summed E-state index contributed by atoms with van der Waals surface area (Å²) in [6.07, 6.45) is 3.42. The number of ether oxygens (including phenoxy) is 1. The van der Waals surface area contributed by atoms with Crippen LogP contribution in [0.2, 0.25) is 0 Å². The topological polar surface area (TPSA) is 59.7 Å². The molecule has 1 aliphatic rings. The molecule has 0 aliphatic carbocycles. The standard InChI is InChI=1S/C21H32N4O2/c1-7-8-9-17-11-24(12-18(27-17)13(2)3)21(26)19-16(6)23-25-15(5)10-14(4)22-20(19)25/h10,13,17-18H,7-9,11-12H2,1-6H3/t17-,18-/m1/s1. The number of carbonyl (C=O) groups is 1. The van der Waals surface area contributed by atoms with Crippen LogP contribution in [-0.4, -0.2) is 50.7 Å².